The molecular weight excluding hydrogens is 187 g/mol. The van der Waals surface area contributed by atoms with E-state index in [1.807, 2.05) is 0 Å². The average Bonchev–Trinajstić information content (AvgIpc) is 2.04. The monoisotopic (exact) mass is 198 g/mol. The van der Waals surface area contributed by atoms with Crippen LogP contribution in [-0.4, -0.2) is 27.4 Å². The standard InChI is InChI=1S/C3H5FO2S.C3H6O2/c1-2(7-4)3(5)6;1-2-3(4)5/h2H,1H3,(H,5,6);2H2,1H3,(H,4,5). The highest BCUT2D eigenvalue weighted by atomic mass is 32.2. The van der Waals surface area contributed by atoms with Crippen LogP contribution in [0.3, 0.4) is 0 Å². The van der Waals surface area contributed by atoms with E-state index in [0.717, 1.165) is 0 Å². The van der Waals surface area contributed by atoms with E-state index in [1.165, 1.54) is 6.92 Å². The minimum absolute atomic E-state index is 0.167. The van der Waals surface area contributed by atoms with Crippen molar-refractivity contribution in [3.8, 4) is 0 Å². The molecule has 72 valence electrons. The number of carbonyl (C=O) groups is 2. The Kier molecular flexibility index (Phi) is 9.56. The van der Waals surface area contributed by atoms with Crippen LogP contribution in [-0.2, 0) is 9.59 Å². The van der Waals surface area contributed by atoms with Crippen LogP contribution in [0.15, 0.2) is 0 Å². The molecule has 0 heterocycles. The first kappa shape index (κ1) is 13.8. The van der Waals surface area contributed by atoms with Crippen molar-refractivity contribution < 1.29 is 23.7 Å². The second-order valence-electron chi connectivity index (χ2n) is 1.82. The van der Waals surface area contributed by atoms with Crippen molar-refractivity contribution in [2.45, 2.75) is 25.5 Å². The summed E-state index contributed by atoms with van der Waals surface area (Å²) in [6, 6.07) is 0. The number of hydrogen-bond donors (Lipinski definition) is 2. The van der Waals surface area contributed by atoms with Crippen LogP contribution in [0.2, 0.25) is 0 Å². The summed E-state index contributed by atoms with van der Waals surface area (Å²) >= 11 is -0.167. The summed E-state index contributed by atoms with van der Waals surface area (Å²) in [5.74, 6) is -1.86. The van der Waals surface area contributed by atoms with E-state index in [4.69, 9.17) is 10.2 Å². The van der Waals surface area contributed by atoms with Crippen LogP contribution in [0.25, 0.3) is 0 Å². The fourth-order valence-corrected chi connectivity index (χ4v) is 0.114. The molecule has 0 aliphatic rings. The molecule has 0 aliphatic heterocycles. The molecule has 12 heavy (non-hydrogen) atoms. The molecule has 1 atom stereocenters. The summed E-state index contributed by atoms with van der Waals surface area (Å²) < 4.78 is 11.2. The highest BCUT2D eigenvalue weighted by molar-refractivity contribution is 7.95. The van der Waals surface area contributed by atoms with Gasteiger partial charge in [-0.25, -0.2) is 0 Å². The molecule has 4 nitrogen and oxygen atoms in total. The molecule has 0 bridgehead atoms. The van der Waals surface area contributed by atoms with E-state index in [0.29, 0.717) is 0 Å². The van der Waals surface area contributed by atoms with Gasteiger partial charge in [-0.05, 0) is 6.92 Å². The van der Waals surface area contributed by atoms with E-state index in [1.54, 1.807) is 6.92 Å². The third-order valence-corrected chi connectivity index (χ3v) is 1.25. The molecule has 2 N–H and O–H groups in total. The minimum Gasteiger partial charge on any atom is -0.481 e. The molecule has 1 unspecified atom stereocenters. The Balaban J connectivity index is 0. The molecule has 0 rings (SSSR count). The smallest absolute Gasteiger partial charge is 0.319 e. The maximum absolute atomic E-state index is 11.2. The van der Waals surface area contributed by atoms with Gasteiger partial charge in [-0.1, -0.05) is 6.92 Å². The van der Waals surface area contributed by atoms with Crippen LogP contribution < -0.4 is 0 Å². The first-order valence-electron chi connectivity index (χ1n) is 3.17. The molecule has 0 saturated heterocycles. The van der Waals surface area contributed by atoms with Crippen LogP contribution >= 0.6 is 12.1 Å². The molecule has 0 saturated carbocycles. The van der Waals surface area contributed by atoms with Gasteiger partial charge < -0.3 is 10.2 Å². The second-order valence-corrected chi connectivity index (χ2v) is 2.70. The molecule has 0 spiro atoms. The lowest BCUT2D eigenvalue weighted by Crippen LogP contribution is -2.09. The lowest BCUT2D eigenvalue weighted by Gasteiger charge is -1.92. The van der Waals surface area contributed by atoms with E-state index < -0.39 is 17.2 Å². The molecule has 6 heteroatoms. The Labute approximate surface area is 74.1 Å². The van der Waals surface area contributed by atoms with E-state index in [2.05, 4.69) is 0 Å². The molecule has 0 aromatic carbocycles. The normalized spacial score (nSPS) is 10.9. The molecule has 0 fully saturated rings. The zero-order valence-electron chi connectivity index (χ0n) is 6.78. The molecule has 0 aliphatic carbocycles. The summed E-state index contributed by atoms with van der Waals surface area (Å²) in [5, 5.41) is 14.7. The van der Waals surface area contributed by atoms with Gasteiger partial charge in [-0.2, -0.15) is 3.89 Å². The largest absolute Gasteiger partial charge is 0.481 e. The van der Waals surface area contributed by atoms with Gasteiger partial charge in [-0.15, -0.1) is 0 Å². The SMILES string of the molecule is CC(SF)C(=O)O.CCC(=O)O. The quantitative estimate of drug-likeness (QED) is 0.719. The first-order valence-corrected chi connectivity index (χ1v) is 3.95. The number of rotatable bonds is 3. The maximum atomic E-state index is 11.2. The highest BCUT2D eigenvalue weighted by Gasteiger charge is 2.09. The van der Waals surface area contributed by atoms with Crippen molar-refractivity contribution in [1.29, 1.82) is 0 Å². The number of halogens is 1. The van der Waals surface area contributed by atoms with Crippen molar-refractivity contribution in [3.63, 3.8) is 0 Å². The van der Waals surface area contributed by atoms with Gasteiger partial charge in [0.15, 0.2) is 0 Å². The summed E-state index contributed by atoms with van der Waals surface area (Å²) in [7, 11) is 0. The molecule has 0 radical (unpaired) electrons. The fraction of sp³-hybridized carbons (Fsp3) is 0.667. The average molecular weight is 198 g/mol. The molecule has 0 aromatic heterocycles. The number of hydrogen-bond acceptors (Lipinski definition) is 3. The maximum Gasteiger partial charge on any atom is 0.319 e. The second kappa shape index (κ2) is 8.32. The fourth-order valence-electron chi connectivity index (χ4n) is 0.0381. The van der Waals surface area contributed by atoms with Crippen molar-refractivity contribution in [2.75, 3.05) is 0 Å². The van der Waals surface area contributed by atoms with Gasteiger partial charge in [0.05, 0.1) is 12.1 Å². The Hall–Kier alpha value is -0.780. The predicted octanol–water partition coefficient (Wildman–Crippen LogP) is 1.56. The van der Waals surface area contributed by atoms with Crippen molar-refractivity contribution in [3.05, 3.63) is 0 Å². The minimum atomic E-state index is -1.12. The topological polar surface area (TPSA) is 74.6 Å². The Bertz CT molecular complexity index is 150. The summed E-state index contributed by atoms with van der Waals surface area (Å²) in [6.45, 7) is 2.88. The van der Waals surface area contributed by atoms with E-state index in [-0.39, 0.29) is 18.6 Å². The summed E-state index contributed by atoms with van der Waals surface area (Å²) in [4.78, 5) is 19.0. The third kappa shape index (κ3) is 12.0. The van der Waals surface area contributed by atoms with Gasteiger partial charge in [0.2, 0.25) is 0 Å². The van der Waals surface area contributed by atoms with Crippen LogP contribution in [0.1, 0.15) is 20.3 Å². The predicted molar refractivity (Wildman–Crippen MR) is 43.7 cm³/mol. The molecule has 0 amide bonds. The van der Waals surface area contributed by atoms with E-state index >= 15 is 0 Å². The van der Waals surface area contributed by atoms with Gasteiger partial charge in [0, 0.05) is 6.42 Å². The summed E-state index contributed by atoms with van der Waals surface area (Å²) in [6.07, 6.45) is 0.222. The molecular formula is C6H11FO4S. The number of aliphatic carboxylic acids is 2. The van der Waals surface area contributed by atoms with Gasteiger partial charge in [-0.3, -0.25) is 9.59 Å². The van der Waals surface area contributed by atoms with E-state index in [9.17, 15) is 13.5 Å². The number of carboxylic acid groups (broad SMARTS) is 2. The Morgan fingerprint density at radius 1 is 1.50 bits per heavy atom. The zero-order chi connectivity index (χ0) is 10.1. The third-order valence-electron chi connectivity index (χ3n) is 0.784. The zero-order valence-corrected chi connectivity index (χ0v) is 7.60. The van der Waals surface area contributed by atoms with Gasteiger partial charge >= 0.3 is 11.9 Å². The number of carboxylic acids is 2. The van der Waals surface area contributed by atoms with Crippen molar-refractivity contribution >= 4 is 24.1 Å². The van der Waals surface area contributed by atoms with Gasteiger partial charge in [0.1, 0.15) is 5.25 Å². The summed E-state index contributed by atoms with van der Waals surface area (Å²) in [5.41, 5.74) is 0. The van der Waals surface area contributed by atoms with Crippen LogP contribution in [0.5, 0.6) is 0 Å². The van der Waals surface area contributed by atoms with Crippen LogP contribution in [0, 0.1) is 0 Å². The van der Waals surface area contributed by atoms with Crippen molar-refractivity contribution in [1.82, 2.24) is 0 Å². The Morgan fingerprint density at radius 2 is 1.83 bits per heavy atom. The van der Waals surface area contributed by atoms with Gasteiger partial charge in [0.25, 0.3) is 0 Å². The lowest BCUT2D eigenvalue weighted by atomic mass is 10.5. The highest BCUT2D eigenvalue weighted by Crippen LogP contribution is 2.09. The Morgan fingerprint density at radius 3 is 1.83 bits per heavy atom. The molecule has 0 aromatic rings. The van der Waals surface area contributed by atoms with Crippen molar-refractivity contribution in [2.24, 2.45) is 0 Å². The first-order chi connectivity index (χ1) is 5.45. The lowest BCUT2D eigenvalue weighted by molar-refractivity contribution is -0.137. The van der Waals surface area contributed by atoms with Crippen LogP contribution in [0.4, 0.5) is 3.89 Å².